The molecular weight excluding hydrogens is 336 g/mol. The maximum Gasteiger partial charge on any atom is 0.260 e. The van der Waals surface area contributed by atoms with Crippen LogP contribution in [0.15, 0.2) is 0 Å². The number of pyridine rings is 1. The molecule has 1 saturated heterocycles. The Morgan fingerprint density at radius 1 is 1.24 bits per heavy atom. The molecule has 0 aliphatic carbocycles. The summed E-state index contributed by atoms with van der Waals surface area (Å²) in [6, 6.07) is 0. The summed E-state index contributed by atoms with van der Waals surface area (Å²) < 4.78 is 6.07. The first kappa shape index (κ1) is 16.6. The molecule has 4 heterocycles. The van der Waals surface area contributed by atoms with E-state index in [0.717, 1.165) is 41.1 Å². The highest BCUT2D eigenvalue weighted by atomic mass is 32.1. The summed E-state index contributed by atoms with van der Waals surface area (Å²) in [6.07, 6.45) is 4.38. The van der Waals surface area contributed by atoms with Gasteiger partial charge in [-0.15, -0.1) is 11.3 Å². The van der Waals surface area contributed by atoms with Crippen LogP contribution < -0.4 is 16.4 Å². The van der Waals surface area contributed by atoms with Gasteiger partial charge in [-0.1, -0.05) is 0 Å². The van der Waals surface area contributed by atoms with Gasteiger partial charge in [0, 0.05) is 30.5 Å². The molecule has 4 N–H and O–H groups in total. The summed E-state index contributed by atoms with van der Waals surface area (Å²) in [5.74, 6) is 0.509. The van der Waals surface area contributed by atoms with Crippen LogP contribution in [0.5, 0.6) is 0 Å². The van der Waals surface area contributed by atoms with Gasteiger partial charge in [0.1, 0.15) is 15.5 Å². The van der Waals surface area contributed by atoms with Gasteiger partial charge >= 0.3 is 0 Å². The number of aromatic nitrogens is 1. The number of piperidine rings is 1. The lowest BCUT2D eigenvalue weighted by Gasteiger charge is -2.36. The standard InChI is InChI=1S/C18H24N4O2S/c1-18(2)8-10-11(9-24-18)16(22-6-4-3-5-7-22)21-17-12(10)13(19)14(25-17)15(20)23/h3-9,19H2,1-2H3,(H2,20,23). The zero-order valence-corrected chi connectivity index (χ0v) is 15.5. The van der Waals surface area contributed by atoms with Gasteiger partial charge in [0.25, 0.3) is 5.91 Å². The van der Waals surface area contributed by atoms with Crippen molar-refractivity contribution in [2.45, 2.75) is 51.7 Å². The van der Waals surface area contributed by atoms with Crippen LogP contribution in [0, 0.1) is 0 Å². The second kappa shape index (κ2) is 5.85. The number of amides is 1. The maximum absolute atomic E-state index is 11.8. The third-order valence-corrected chi connectivity index (χ3v) is 6.27. The van der Waals surface area contributed by atoms with Crippen LogP contribution in [0.25, 0.3) is 10.2 Å². The topological polar surface area (TPSA) is 94.5 Å². The van der Waals surface area contributed by atoms with Gasteiger partial charge in [-0.05, 0) is 38.7 Å². The largest absolute Gasteiger partial charge is 0.397 e. The third-order valence-electron chi connectivity index (χ3n) is 5.16. The van der Waals surface area contributed by atoms with Gasteiger partial charge in [0.15, 0.2) is 0 Å². The smallest absolute Gasteiger partial charge is 0.260 e. The van der Waals surface area contributed by atoms with Crippen molar-refractivity contribution >= 4 is 39.0 Å². The fourth-order valence-corrected chi connectivity index (χ4v) is 4.87. The Morgan fingerprint density at radius 2 is 1.96 bits per heavy atom. The van der Waals surface area contributed by atoms with Crippen LogP contribution in [0.2, 0.25) is 0 Å². The number of hydrogen-bond donors (Lipinski definition) is 2. The Morgan fingerprint density at radius 3 is 2.64 bits per heavy atom. The van der Waals surface area contributed by atoms with E-state index in [9.17, 15) is 4.79 Å². The third kappa shape index (κ3) is 2.75. The summed E-state index contributed by atoms with van der Waals surface area (Å²) >= 11 is 1.30. The van der Waals surface area contributed by atoms with Gasteiger partial charge in [0.2, 0.25) is 0 Å². The first-order valence-corrected chi connectivity index (χ1v) is 9.61. The van der Waals surface area contributed by atoms with Crippen molar-refractivity contribution in [3.05, 3.63) is 16.0 Å². The average molecular weight is 360 g/mol. The Balaban J connectivity index is 1.96. The Bertz CT molecular complexity index is 853. The number of carbonyl (C=O) groups excluding carboxylic acids is 1. The molecule has 2 aromatic rings. The summed E-state index contributed by atoms with van der Waals surface area (Å²) in [7, 11) is 0. The van der Waals surface area contributed by atoms with Crippen molar-refractivity contribution in [1.82, 2.24) is 4.98 Å². The van der Waals surface area contributed by atoms with E-state index in [1.807, 2.05) is 0 Å². The molecular formula is C18H24N4O2S. The normalized spacial score (nSPS) is 19.8. The van der Waals surface area contributed by atoms with E-state index in [2.05, 4.69) is 18.7 Å². The minimum atomic E-state index is -0.486. The van der Waals surface area contributed by atoms with E-state index >= 15 is 0 Å². The second-order valence-electron chi connectivity index (χ2n) is 7.55. The summed E-state index contributed by atoms with van der Waals surface area (Å²) in [5.41, 5.74) is 14.3. The number of nitrogen functional groups attached to an aromatic ring is 1. The fourth-order valence-electron chi connectivity index (χ4n) is 3.89. The number of fused-ring (bicyclic) bond motifs is 3. The highest BCUT2D eigenvalue weighted by Crippen LogP contribution is 2.43. The molecule has 0 spiro atoms. The van der Waals surface area contributed by atoms with Gasteiger partial charge in [-0.3, -0.25) is 4.79 Å². The summed E-state index contributed by atoms with van der Waals surface area (Å²) in [4.78, 5) is 20.2. The first-order chi connectivity index (χ1) is 11.9. The van der Waals surface area contributed by atoms with E-state index in [-0.39, 0.29) is 5.60 Å². The molecule has 2 aromatic heterocycles. The molecule has 1 amide bonds. The molecule has 0 bridgehead atoms. The van der Waals surface area contributed by atoms with Crippen molar-refractivity contribution in [2.75, 3.05) is 23.7 Å². The van der Waals surface area contributed by atoms with Gasteiger partial charge < -0.3 is 21.1 Å². The molecule has 1 fully saturated rings. The number of primary amides is 1. The molecule has 0 radical (unpaired) electrons. The van der Waals surface area contributed by atoms with E-state index in [1.165, 1.54) is 36.2 Å². The Hall–Kier alpha value is -1.86. The highest BCUT2D eigenvalue weighted by Gasteiger charge is 2.33. The van der Waals surface area contributed by atoms with Crippen molar-refractivity contribution in [3.8, 4) is 0 Å². The number of anilines is 2. The SMILES string of the molecule is CC1(C)Cc2c(c(N3CCCCC3)nc3sc(C(N)=O)c(N)c23)CO1. The molecule has 6 nitrogen and oxygen atoms in total. The maximum atomic E-state index is 11.8. The lowest BCUT2D eigenvalue weighted by molar-refractivity contribution is -0.0395. The van der Waals surface area contributed by atoms with Crippen LogP contribution in [-0.2, 0) is 17.8 Å². The van der Waals surface area contributed by atoms with E-state index in [1.54, 1.807) is 0 Å². The molecule has 0 atom stereocenters. The van der Waals surface area contributed by atoms with Crippen molar-refractivity contribution in [1.29, 1.82) is 0 Å². The highest BCUT2D eigenvalue weighted by molar-refractivity contribution is 7.21. The lowest BCUT2D eigenvalue weighted by Crippen LogP contribution is -2.36. The summed E-state index contributed by atoms with van der Waals surface area (Å²) in [5, 5.41) is 0.894. The molecule has 7 heteroatoms. The van der Waals surface area contributed by atoms with Crippen molar-refractivity contribution < 1.29 is 9.53 Å². The van der Waals surface area contributed by atoms with E-state index in [0.29, 0.717) is 17.2 Å². The van der Waals surface area contributed by atoms with Crippen molar-refractivity contribution in [3.63, 3.8) is 0 Å². The van der Waals surface area contributed by atoms with Crippen LogP contribution in [0.4, 0.5) is 11.5 Å². The Labute approximate surface area is 151 Å². The Kier molecular flexibility index (Phi) is 3.88. The number of thiophene rings is 1. The monoisotopic (exact) mass is 360 g/mol. The quantitative estimate of drug-likeness (QED) is 0.859. The fraction of sp³-hybridized carbons (Fsp3) is 0.556. The number of nitrogens with two attached hydrogens (primary N) is 2. The predicted octanol–water partition coefficient (Wildman–Crippen LogP) is 2.82. The number of carbonyl (C=O) groups is 1. The van der Waals surface area contributed by atoms with Crippen LogP contribution in [0.3, 0.4) is 0 Å². The predicted molar refractivity (Wildman–Crippen MR) is 101 cm³/mol. The molecule has 0 saturated carbocycles. The van der Waals surface area contributed by atoms with E-state index in [4.69, 9.17) is 21.2 Å². The molecule has 0 unspecified atom stereocenters. The van der Waals surface area contributed by atoms with Gasteiger partial charge in [-0.2, -0.15) is 0 Å². The van der Waals surface area contributed by atoms with Crippen LogP contribution in [0.1, 0.15) is 53.9 Å². The minimum Gasteiger partial charge on any atom is -0.397 e. The molecule has 134 valence electrons. The van der Waals surface area contributed by atoms with Crippen molar-refractivity contribution in [2.24, 2.45) is 5.73 Å². The number of ether oxygens (including phenoxy) is 1. The average Bonchev–Trinajstić information content (AvgIpc) is 2.91. The number of hydrogen-bond acceptors (Lipinski definition) is 6. The van der Waals surface area contributed by atoms with E-state index < -0.39 is 5.91 Å². The molecule has 4 rings (SSSR count). The summed E-state index contributed by atoms with van der Waals surface area (Å²) in [6.45, 7) is 6.72. The second-order valence-corrected chi connectivity index (χ2v) is 8.55. The van der Waals surface area contributed by atoms with Crippen LogP contribution >= 0.6 is 11.3 Å². The van der Waals surface area contributed by atoms with Gasteiger partial charge in [0.05, 0.1) is 17.9 Å². The van der Waals surface area contributed by atoms with Gasteiger partial charge in [-0.25, -0.2) is 4.98 Å². The number of nitrogens with zero attached hydrogens (tertiary/aromatic N) is 2. The number of rotatable bonds is 2. The minimum absolute atomic E-state index is 0.262. The lowest BCUT2D eigenvalue weighted by atomic mass is 9.89. The molecule has 25 heavy (non-hydrogen) atoms. The molecule has 2 aliphatic rings. The molecule has 0 aromatic carbocycles. The zero-order chi connectivity index (χ0) is 17.8. The zero-order valence-electron chi connectivity index (χ0n) is 14.7. The van der Waals surface area contributed by atoms with Crippen LogP contribution in [-0.4, -0.2) is 29.6 Å². The molecule has 2 aliphatic heterocycles. The first-order valence-electron chi connectivity index (χ1n) is 8.80.